The Hall–Kier alpha value is -2.73. The SMILES string of the molecule is COc1ccc(CC(=O)CC2NCCc3cc(OC)c(OC)cc32)c(OC)c1. The Labute approximate surface area is 165 Å². The molecule has 0 radical (unpaired) electrons. The lowest BCUT2D eigenvalue weighted by atomic mass is 9.89. The fourth-order valence-electron chi connectivity index (χ4n) is 3.66. The fourth-order valence-corrected chi connectivity index (χ4v) is 3.66. The molecule has 150 valence electrons. The number of ketones is 1. The maximum atomic E-state index is 12.8. The zero-order valence-corrected chi connectivity index (χ0v) is 16.8. The standard InChI is InChI=1S/C22H27NO5/c1-25-17-6-5-15(20(12-17)26-2)9-16(24)11-19-18-13-22(28-4)21(27-3)10-14(18)7-8-23-19/h5-6,10,12-13,19,23H,7-9,11H2,1-4H3. The van der Waals surface area contributed by atoms with Gasteiger partial charge in [-0.1, -0.05) is 6.07 Å². The Kier molecular flexibility index (Phi) is 6.41. The number of carbonyl (C=O) groups is 1. The Morgan fingerprint density at radius 1 is 0.964 bits per heavy atom. The number of hydrogen-bond acceptors (Lipinski definition) is 6. The number of Topliss-reactive ketones (excluding diaryl/α,β-unsaturated/α-hetero) is 1. The minimum atomic E-state index is -0.0414. The van der Waals surface area contributed by atoms with Crippen LogP contribution in [0.1, 0.15) is 29.2 Å². The van der Waals surface area contributed by atoms with Gasteiger partial charge in [-0.15, -0.1) is 0 Å². The van der Waals surface area contributed by atoms with E-state index in [0.717, 1.165) is 29.8 Å². The van der Waals surface area contributed by atoms with Crippen molar-refractivity contribution in [3.63, 3.8) is 0 Å². The highest BCUT2D eigenvalue weighted by molar-refractivity contribution is 5.82. The molecule has 0 aromatic heterocycles. The molecular formula is C22H27NO5. The van der Waals surface area contributed by atoms with E-state index >= 15 is 0 Å². The summed E-state index contributed by atoms with van der Waals surface area (Å²) in [7, 11) is 6.46. The first-order chi connectivity index (χ1) is 13.6. The van der Waals surface area contributed by atoms with Crippen LogP contribution in [0.3, 0.4) is 0 Å². The normalized spacial score (nSPS) is 15.5. The number of benzene rings is 2. The zero-order valence-electron chi connectivity index (χ0n) is 16.8. The van der Waals surface area contributed by atoms with E-state index in [-0.39, 0.29) is 11.8 Å². The van der Waals surface area contributed by atoms with Gasteiger partial charge in [0.2, 0.25) is 0 Å². The maximum Gasteiger partial charge on any atom is 0.161 e. The van der Waals surface area contributed by atoms with Crippen LogP contribution in [0.4, 0.5) is 0 Å². The molecule has 2 aromatic rings. The summed E-state index contributed by atoms with van der Waals surface area (Å²) < 4.78 is 21.5. The molecule has 1 heterocycles. The first-order valence-electron chi connectivity index (χ1n) is 9.30. The molecule has 28 heavy (non-hydrogen) atoms. The first kappa shape index (κ1) is 20.0. The van der Waals surface area contributed by atoms with E-state index in [1.807, 2.05) is 24.3 Å². The van der Waals surface area contributed by atoms with Crippen molar-refractivity contribution in [1.82, 2.24) is 5.32 Å². The highest BCUT2D eigenvalue weighted by Crippen LogP contribution is 2.36. The number of nitrogens with one attached hydrogen (secondary N) is 1. The monoisotopic (exact) mass is 385 g/mol. The largest absolute Gasteiger partial charge is 0.497 e. The van der Waals surface area contributed by atoms with Gasteiger partial charge >= 0.3 is 0 Å². The predicted octanol–water partition coefficient (Wildman–Crippen LogP) is 3.11. The molecule has 1 aliphatic rings. The number of hydrogen-bond donors (Lipinski definition) is 1. The van der Waals surface area contributed by atoms with Crippen LogP contribution in [0.15, 0.2) is 30.3 Å². The van der Waals surface area contributed by atoms with Crippen molar-refractivity contribution >= 4 is 5.78 Å². The number of carbonyl (C=O) groups excluding carboxylic acids is 1. The second-order valence-electron chi connectivity index (χ2n) is 6.76. The molecule has 1 N–H and O–H groups in total. The van der Waals surface area contributed by atoms with Crippen LogP contribution in [-0.4, -0.2) is 40.8 Å². The van der Waals surface area contributed by atoms with Crippen LogP contribution in [0.25, 0.3) is 0 Å². The Bertz CT molecular complexity index is 849. The van der Waals surface area contributed by atoms with Crippen molar-refractivity contribution in [2.24, 2.45) is 0 Å². The second kappa shape index (κ2) is 8.97. The van der Waals surface area contributed by atoms with E-state index in [1.165, 1.54) is 5.56 Å². The van der Waals surface area contributed by atoms with Gasteiger partial charge in [0.1, 0.15) is 17.3 Å². The van der Waals surface area contributed by atoms with E-state index in [1.54, 1.807) is 34.5 Å². The number of ether oxygens (including phenoxy) is 4. The van der Waals surface area contributed by atoms with Gasteiger partial charge in [-0.25, -0.2) is 0 Å². The molecule has 0 bridgehead atoms. The minimum Gasteiger partial charge on any atom is -0.497 e. The first-order valence-corrected chi connectivity index (χ1v) is 9.30. The van der Waals surface area contributed by atoms with Crippen molar-refractivity contribution in [3.8, 4) is 23.0 Å². The lowest BCUT2D eigenvalue weighted by Gasteiger charge is -2.28. The third-order valence-corrected chi connectivity index (χ3v) is 5.12. The molecule has 0 amide bonds. The highest BCUT2D eigenvalue weighted by atomic mass is 16.5. The molecule has 1 aliphatic heterocycles. The van der Waals surface area contributed by atoms with Crippen LogP contribution in [0.5, 0.6) is 23.0 Å². The van der Waals surface area contributed by atoms with Gasteiger partial charge < -0.3 is 24.3 Å². The van der Waals surface area contributed by atoms with E-state index in [2.05, 4.69) is 5.32 Å². The van der Waals surface area contributed by atoms with E-state index < -0.39 is 0 Å². The molecule has 2 aromatic carbocycles. The van der Waals surface area contributed by atoms with Crippen molar-refractivity contribution in [2.45, 2.75) is 25.3 Å². The predicted molar refractivity (Wildman–Crippen MR) is 107 cm³/mol. The lowest BCUT2D eigenvalue weighted by Crippen LogP contribution is -2.31. The summed E-state index contributed by atoms with van der Waals surface area (Å²) in [4.78, 5) is 12.8. The van der Waals surface area contributed by atoms with Crippen LogP contribution in [-0.2, 0) is 17.6 Å². The average Bonchev–Trinajstić information content (AvgIpc) is 2.73. The van der Waals surface area contributed by atoms with E-state index in [0.29, 0.717) is 30.1 Å². The summed E-state index contributed by atoms with van der Waals surface area (Å²) in [6.45, 7) is 0.826. The van der Waals surface area contributed by atoms with Crippen LogP contribution in [0, 0.1) is 0 Å². The zero-order chi connectivity index (χ0) is 20.1. The van der Waals surface area contributed by atoms with Crippen molar-refractivity contribution in [1.29, 1.82) is 0 Å². The molecule has 0 saturated heterocycles. The lowest BCUT2D eigenvalue weighted by molar-refractivity contribution is -0.119. The number of fused-ring (bicyclic) bond motifs is 1. The highest BCUT2D eigenvalue weighted by Gasteiger charge is 2.25. The Balaban J connectivity index is 1.77. The summed E-state index contributed by atoms with van der Waals surface area (Å²) >= 11 is 0. The van der Waals surface area contributed by atoms with Gasteiger partial charge in [0.05, 0.1) is 28.4 Å². The molecule has 6 nitrogen and oxygen atoms in total. The fraction of sp³-hybridized carbons (Fsp3) is 0.409. The topological polar surface area (TPSA) is 66.0 Å². The maximum absolute atomic E-state index is 12.8. The third-order valence-electron chi connectivity index (χ3n) is 5.12. The molecule has 0 aliphatic carbocycles. The number of methoxy groups -OCH3 is 4. The van der Waals surface area contributed by atoms with Gasteiger partial charge in [-0.3, -0.25) is 4.79 Å². The molecule has 0 fully saturated rings. The van der Waals surface area contributed by atoms with Gasteiger partial charge in [0, 0.05) is 30.5 Å². The molecule has 1 unspecified atom stereocenters. The van der Waals surface area contributed by atoms with Crippen LogP contribution in [0.2, 0.25) is 0 Å². The molecular weight excluding hydrogens is 358 g/mol. The summed E-state index contributed by atoms with van der Waals surface area (Å²) in [5, 5.41) is 3.46. The summed E-state index contributed by atoms with van der Waals surface area (Å²) in [5.41, 5.74) is 3.15. The van der Waals surface area contributed by atoms with Crippen LogP contribution >= 0.6 is 0 Å². The van der Waals surface area contributed by atoms with E-state index in [9.17, 15) is 4.79 Å². The summed E-state index contributed by atoms with van der Waals surface area (Å²) in [6.07, 6.45) is 1.61. The molecule has 6 heteroatoms. The van der Waals surface area contributed by atoms with Gasteiger partial charge in [-0.05, 0) is 42.3 Å². The number of rotatable bonds is 8. The second-order valence-corrected chi connectivity index (χ2v) is 6.76. The third kappa shape index (κ3) is 4.22. The Morgan fingerprint density at radius 2 is 1.68 bits per heavy atom. The summed E-state index contributed by atoms with van der Waals surface area (Å²) in [6, 6.07) is 9.47. The van der Waals surface area contributed by atoms with Crippen molar-refractivity contribution < 1.29 is 23.7 Å². The van der Waals surface area contributed by atoms with Crippen LogP contribution < -0.4 is 24.3 Å². The quantitative estimate of drug-likeness (QED) is 0.753. The minimum absolute atomic E-state index is 0.0414. The molecule has 0 spiro atoms. The van der Waals surface area contributed by atoms with Gasteiger partial charge in [0.25, 0.3) is 0 Å². The van der Waals surface area contributed by atoms with E-state index in [4.69, 9.17) is 18.9 Å². The van der Waals surface area contributed by atoms with Crippen molar-refractivity contribution in [2.75, 3.05) is 35.0 Å². The van der Waals surface area contributed by atoms with Gasteiger partial charge in [0.15, 0.2) is 11.5 Å². The average molecular weight is 385 g/mol. The molecule has 1 atom stereocenters. The molecule has 3 rings (SSSR count). The van der Waals surface area contributed by atoms with Gasteiger partial charge in [-0.2, -0.15) is 0 Å². The Morgan fingerprint density at radius 3 is 2.36 bits per heavy atom. The smallest absolute Gasteiger partial charge is 0.161 e. The van der Waals surface area contributed by atoms with Crippen molar-refractivity contribution in [3.05, 3.63) is 47.0 Å². The summed E-state index contributed by atoms with van der Waals surface area (Å²) in [5.74, 6) is 2.91. The molecule has 0 saturated carbocycles.